The zero-order valence-corrected chi connectivity index (χ0v) is 12.9. The second-order valence-electron chi connectivity index (χ2n) is 5.00. The average molecular weight is 321 g/mol. The summed E-state index contributed by atoms with van der Waals surface area (Å²) in [5.74, 6) is -0.405. The highest BCUT2D eigenvalue weighted by molar-refractivity contribution is 7.91. The van der Waals surface area contributed by atoms with E-state index in [2.05, 4.69) is 0 Å². The van der Waals surface area contributed by atoms with E-state index in [1.165, 1.54) is 31.2 Å². The molecule has 0 aliphatic heterocycles. The maximum absolute atomic E-state index is 12.6. The Hall–Kier alpha value is -2.41. The minimum absolute atomic E-state index is 0.131. The molecule has 0 radical (unpaired) electrons. The van der Waals surface area contributed by atoms with Crippen LogP contribution in [0.1, 0.15) is 23.3 Å². The molecule has 0 aliphatic rings. The molecule has 0 aromatic heterocycles. The van der Waals surface area contributed by atoms with E-state index in [1.807, 2.05) is 6.92 Å². The largest absolute Gasteiger partial charge is 0.507 e. The summed E-state index contributed by atoms with van der Waals surface area (Å²) >= 11 is 0. The van der Waals surface area contributed by atoms with Crippen molar-refractivity contribution in [3.8, 4) is 5.75 Å². The summed E-state index contributed by atoms with van der Waals surface area (Å²) < 4.78 is 25.1. The van der Waals surface area contributed by atoms with Gasteiger partial charge in [0.05, 0.1) is 21.1 Å². The van der Waals surface area contributed by atoms with Gasteiger partial charge in [0, 0.05) is 11.6 Å². The van der Waals surface area contributed by atoms with Crippen LogP contribution in [0, 0.1) is 17.0 Å². The Morgan fingerprint density at radius 1 is 1.14 bits per heavy atom. The summed E-state index contributed by atoms with van der Waals surface area (Å²) in [7, 11) is -3.69. The minimum atomic E-state index is -3.69. The highest BCUT2D eigenvalue weighted by atomic mass is 32.2. The number of phenols is 1. The third-order valence-corrected chi connectivity index (χ3v) is 5.59. The molecule has 1 N–H and O–H groups in total. The van der Waals surface area contributed by atoms with E-state index in [4.69, 9.17) is 0 Å². The lowest BCUT2D eigenvalue weighted by atomic mass is 10.1. The maximum Gasteiger partial charge on any atom is 0.273 e. The molecule has 0 heterocycles. The number of nitro groups is 1. The molecular formula is C15H15NO5S. The first-order chi connectivity index (χ1) is 10.2. The van der Waals surface area contributed by atoms with Gasteiger partial charge in [0.2, 0.25) is 0 Å². The van der Waals surface area contributed by atoms with Gasteiger partial charge in [-0.25, -0.2) is 8.42 Å². The van der Waals surface area contributed by atoms with E-state index in [0.29, 0.717) is 0 Å². The van der Waals surface area contributed by atoms with E-state index in [9.17, 15) is 23.6 Å². The van der Waals surface area contributed by atoms with E-state index >= 15 is 0 Å². The summed E-state index contributed by atoms with van der Waals surface area (Å²) in [6.45, 7) is 3.29. The van der Waals surface area contributed by atoms with Crippen LogP contribution in [0.4, 0.5) is 5.69 Å². The topological polar surface area (TPSA) is 97.5 Å². The second-order valence-corrected chi connectivity index (χ2v) is 7.27. The normalized spacial score (nSPS) is 12.8. The van der Waals surface area contributed by atoms with Gasteiger partial charge in [0.15, 0.2) is 9.84 Å². The van der Waals surface area contributed by atoms with E-state index < -0.39 is 25.8 Å². The first-order valence-electron chi connectivity index (χ1n) is 6.51. The Kier molecular flexibility index (Phi) is 4.18. The number of hydrogen-bond donors (Lipinski definition) is 1. The third-order valence-electron chi connectivity index (χ3n) is 3.48. The Morgan fingerprint density at radius 2 is 1.73 bits per heavy atom. The SMILES string of the molecule is Cc1ccc(S(=O)(=O)C(C)c2ccc([N+](=O)[O-])cc2O)cc1. The van der Waals surface area contributed by atoms with Crippen LogP contribution in [-0.2, 0) is 9.84 Å². The van der Waals surface area contributed by atoms with Crippen LogP contribution in [-0.4, -0.2) is 18.4 Å². The summed E-state index contributed by atoms with van der Waals surface area (Å²) in [4.78, 5) is 10.2. The van der Waals surface area contributed by atoms with Crippen molar-refractivity contribution in [1.82, 2.24) is 0 Å². The van der Waals surface area contributed by atoms with Gasteiger partial charge >= 0.3 is 0 Å². The van der Waals surface area contributed by atoms with Crippen molar-refractivity contribution < 1.29 is 18.4 Å². The van der Waals surface area contributed by atoms with Gasteiger partial charge in [-0.1, -0.05) is 17.7 Å². The summed E-state index contributed by atoms with van der Waals surface area (Å²) in [6.07, 6.45) is 0. The molecule has 0 amide bonds. The molecule has 0 spiro atoms. The first kappa shape index (κ1) is 16.0. The van der Waals surface area contributed by atoms with Crippen molar-refractivity contribution in [2.45, 2.75) is 24.0 Å². The zero-order chi connectivity index (χ0) is 16.5. The number of non-ortho nitro benzene ring substituents is 1. The molecular weight excluding hydrogens is 306 g/mol. The van der Waals surface area contributed by atoms with Crippen LogP contribution >= 0.6 is 0 Å². The van der Waals surface area contributed by atoms with Crippen molar-refractivity contribution in [3.63, 3.8) is 0 Å². The molecule has 6 nitrogen and oxygen atoms in total. The highest BCUT2D eigenvalue weighted by Crippen LogP contribution is 2.35. The zero-order valence-electron chi connectivity index (χ0n) is 12.1. The van der Waals surface area contributed by atoms with Gasteiger partial charge in [0.1, 0.15) is 5.75 Å². The molecule has 1 atom stereocenters. The van der Waals surface area contributed by atoms with Gasteiger partial charge in [-0.3, -0.25) is 10.1 Å². The number of rotatable bonds is 4. The molecule has 2 aromatic carbocycles. The standard InChI is InChI=1S/C15H15NO5S/c1-10-3-6-13(7-4-10)22(20,21)11(2)14-8-5-12(16(18)19)9-15(14)17/h3-9,11,17H,1-2H3. The van der Waals surface area contributed by atoms with Crippen LogP contribution in [0.15, 0.2) is 47.4 Å². The lowest BCUT2D eigenvalue weighted by Gasteiger charge is -2.15. The fourth-order valence-electron chi connectivity index (χ4n) is 2.09. The molecule has 22 heavy (non-hydrogen) atoms. The van der Waals surface area contributed by atoms with Crippen molar-refractivity contribution in [2.75, 3.05) is 0 Å². The molecule has 0 fully saturated rings. The van der Waals surface area contributed by atoms with E-state index in [-0.39, 0.29) is 16.1 Å². The predicted octanol–water partition coefficient (Wildman–Crippen LogP) is 3.14. The molecule has 0 aliphatic carbocycles. The predicted molar refractivity (Wildman–Crippen MR) is 81.5 cm³/mol. The van der Waals surface area contributed by atoms with Gasteiger partial charge in [-0.05, 0) is 32.0 Å². The molecule has 0 saturated heterocycles. The van der Waals surface area contributed by atoms with Crippen molar-refractivity contribution in [2.24, 2.45) is 0 Å². The Bertz CT molecular complexity index is 812. The van der Waals surface area contributed by atoms with Gasteiger partial charge in [-0.2, -0.15) is 0 Å². The smallest absolute Gasteiger partial charge is 0.273 e. The number of aryl methyl sites for hydroxylation is 1. The number of nitrogens with zero attached hydrogens (tertiary/aromatic N) is 1. The molecule has 0 bridgehead atoms. The number of hydrogen-bond acceptors (Lipinski definition) is 5. The second kappa shape index (κ2) is 5.76. The van der Waals surface area contributed by atoms with Crippen LogP contribution < -0.4 is 0 Å². The fraction of sp³-hybridized carbons (Fsp3) is 0.200. The van der Waals surface area contributed by atoms with Crippen LogP contribution in [0.3, 0.4) is 0 Å². The van der Waals surface area contributed by atoms with Crippen molar-refractivity contribution in [1.29, 1.82) is 0 Å². The summed E-state index contributed by atoms with van der Waals surface area (Å²) in [6, 6.07) is 9.79. The van der Waals surface area contributed by atoms with Gasteiger partial charge in [-0.15, -0.1) is 0 Å². The fourth-order valence-corrected chi connectivity index (χ4v) is 3.55. The number of aromatic hydroxyl groups is 1. The lowest BCUT2D eigenvalue weighted by molar-refractivity contribution is -0.384. The quantitative estimate of drug-likeness (QED) is 0.689. The Morgan fingerprint density at radius 3 is 2.23 bits per heavy atom. The van der Waals surface area contributed by atoms with Crippen molar-refractivity contribution >= 4 is 15.5 Å². The molecule has 2 aromatic rings. The molecule has 2 rings (SSSR count). The summed E-state index contributed by atoms with van der Waals surface area (Å²) in [5.41, 5.74) is 0.775. The Balaban J connectivity index is 2.44. The average Bonchev–Trinajstić information content (AvgIpc) is 2.46. The molecule has 116 valence electrons. The van der Waals surface area contributed by atoms with Crippen molar-refractivity contribution in [3.05, 3.63) is 63.7 Å². The number of nitro benzene ring substituents is 1. The molecule has 1 unspecified atom stereocenters. The van der Waals surface area contributed by atoms with Crippen LogP contribution in [0.5, 0.6) is 5.75 Å². The lowest BCUT2D eigenvalue weighted by Crippen LogP contribution is -2.11. The number of sulfone groups is 1. The first-order valence-corrected chi connectivity index (χ1v) is 8.06. The maximum atomic E-state index is 12.6. The number of benzene rings is 2. The molecule has 0 saturated carbocycles. The van der Waals surface area contributed by atoms with Gasteiger partial charge in [0.25, 0.3) is 5.69 Å². The van der Waals surface area contributed by atoms with E-state index in [0.717, 1.165) is 11.6 Å². The molecule has 7 heteroatoms. The minimum Gasteiger partial charge on any atom is -0.507 e. The number of phenolic OH excluding ortho intramolecular Hbond substituents is 1. The van der Waals surface area contributed by atoms with E-state index in [1.54, 1.807) is 12.1 Å². The monoisotopic (exact) mass is 321 g/mol. The highest BCUT2D eigenvalue weighted by Gasteiger charge is 2.27. The van der Waals surface area contributed by atoms with Crippen LogP contribution in [0.25, 0.3) is 0 Å². The van der Waals surface area contributed by atoms with Crippen LogP contribution in [0.2, 0.25) is 0 Å². The van der Waals surface area contributed by atoms with Gasteiger partial charge < -0.3 is 5.11 Å². The summed E-state index contributed by atoms with van der Waals surface area (Å²) in [5, 5.41) is 19.5. The third kappa shape index (κ3) is 2.94. The Labute approximate surface area is 128 Å².